The van der Waals surface area contributed by atoms with E-state index in [2.05, 4.69) is 28.5 Å². The van der Waals surface area contributed by atoms with Crippen molar-refractivity contribution in [2.75, 3.05) is 10.6 Å². The van der Waals surface area contributed by atoms with Gasteiger partial charge in [0.1, 0.15) is 5.92 Å². The van der Waals surface area contributed by atoms with Gasteiger partial charge in [-0.1, -0.05) is 49.2 Å². The molecule has 1 unspecified atom stereocenters. The maximum absolute atomic E-state index is 12.8. The van der Waals surface area contributed by atoms with Gasteiger partial charge >= 0.3 is 6.03 Å². The summed E-state index contributed by atoms with van der Waals surface area (Å²) in [6, 6.07) is 13.1. The van der Waals surface area contributed by atoms with Crippen LogP contribution in [0.4, 0.5) is 16.2 Å². The SMILES string of the molecule is C=C(C)SC(=C)SNC(=O)Nc1ccc(C2C(=O)Nc3ccccc3C2=O)cc1. The average Bonchev–Trinajstić information content (AvgIpc) is 2.67. The number of fused-ring (bicyclic) bond motifs is 1. The van der Waals surface area contributed by atoms with Gasteiger partial charge < -0.3 is 10.6 Å². The minimum atomic E-state index is -0.911. The lowest BCUT2D eigenvalue weighted by Crippen LogP contribution is -2.33. The highest BCUT2D eigenvalue weighted by atomic mass is 32.2. The van der Waals surface area contributed by atoms with E-state index in [1.165, 1.54) is 11.8 Å². The fourth-order valence-electron chi connectivity index (χ4n) is 2.82. The number of ketones is 1. The Bertz CT molecular complexity index is 1000. The summed E-state index contributed by atoms with van der Waals surface area (Å²) >= 11 is 2.48. The van der Waals surface area contributed by atoms with Crippen LogP contribution in [0.25, 0.3) is 0 Å². The van der Waals surface area contributed by atoms with Gasteiger partial charge in [0.15, 0.2) is 5.78 Å². The molecule has 3 amide bonds. The number of benzene rings is 2. The lowest BCUT2D eigenvalue weighted by molar-refractivity contribution is -0.116. The van der Waals surface area contributed by atoms with Crippen molar-refractivity contribution in [3.63, 3.8) is 0 Å². The molecule has 3 N–H and O–H groups in total. The van der Waals surface area contributed by atoms with Crippen LogP contribution >= 0.6 is 23.7 Å². The topological polar surface area (TPSA) is 87.3 Å². The van der Waals surface area contributed by atoms with E-state index >= 15 is 0 Å². The molecule has 1 aliphatic rings. The second-order valence-corrected chi connectivity index (χ2v) is 8.84. The first-order valence-corrected chi connectivity index (χ1v) is 10.3. The summed E-state index contributed by atoms with van der Waals surface area (Å²) in [6.07, 6.45) is 0. The van der Waals surface area contributed by atoms with E-state index in [4.69, 9.17) is 0 Å². The zero-order valence-corrected chi connectivity index (χ0v) is 17.3. The molecule has 0 spiro atoms. The number of nitrogens with one attached hydrogen (secondary N) is 3. The number of carbonyl (C=O) groups is 3. The molecule has 6 nitrogen and oxygen atoms in total. The van der Waals surface area contributed by atoms with E-state index in [0.717, 1.165) is 16.9 Å². The highest BCUT2D eigenvalue weighted by molar-refractivity contribution is 8.23. The zero-order chi connectivity index (χ0) is 21.0. The van der Waals surface area contributed by atoms with Gasteiger partial charge in [-0.2, -0.15) is 0 Å². The second-order valence-electron chi connectivity index (χ2n) is 6.29. The Labute approximate surface area is 177 Å². The molecule has 0 saturated heterocycles. The van der Waals surface area contributed by atoms with Crippen molar-refractivity contribution < 1.29 is 14.4 Å². The van der Waals surface area contributed by atoms with Crippen molar-refractivity contribution in [1.29, 1.82) is 0 Å². The molecular weight excluding hydrogens is 406 g/mol. The third kappa shape index (κ3) is 5.10. The minimum absolute atomic E-state index is 0.243. The lowest BCUT2D eigenvalue weighted by Gasteiger charge is -2.23. The average molecular weight is 426 g/mol. The molecule has 1 aliphatic heterocycles. The van der Waals surface area contributed by atoms with Crippen LogP contribution in [0.2, 0.25) is 0 Å². The van der Waals surface area contributed by atoms with E-state index in [-0.39, 0.29) is 11.7 Å². The number of urea groups is 1. The van der Waals surface area contributed by atoms with Gasteiger partial charge in [-0.3, -0.25) is 14.3 Å². The predicted octanol–water partition coefficient (Wildman–Crippen LogP) is 5.11. The number of para-hydroxylation sites is 1. The smallest absolute Gasteiger partial charge is 0.324 e. The molecule has 148 valence electrons. The molecule has 8 heteroatoms. The summed E-state index contributed by atoms with van der Waals surface area (Å²) in [6.45, 7) is 9.44. The number of thioether (sulfide) groups is 1. The third-order valence-electron chi connectivity index (χ3n) is 4.02. The molecule has 2 aromatic rings. The first kappa shape index (κ1) is 20.8. The molecule has 0 aliphatic carbocycles. The zero-order valence-electron chi connectivity index (χ0n) is 15.7. The van der Waals surface area contributed by atoms with Crippen LogP contribution < -0.4 is 15.4 Å². The maximum Gasteiger partial charge on any atom is 0.329 e. The Morgan fingerprint density at radius 1 is 1.07 bits per heavy atom. The van der Waals surface area contributed by atoms with Crippen LogP contribution in [-0.2, 0) is 4.79 Å². The van der Waals surface area contributed by atoms with Crippen molar-refractivity contribution in [1.82, 2.24) is 4.72 Å². The van der Waals surface area contributed by atoms with Crippen molar-refractivity contribution in [3.05, 3.63) is 82.0 Å². The molecule has 29 heavy (non-hydrogen) atoms. The molecule has 0 bridgehead atoms. The number of rotatable bonds is 6. The Balaban J connectivity index is 1.64. The number of anilines is 2. The van der Waals surface area contributed by atoms with E-state index < -0.39 is 11.9 Å². The molecule has 1 atom stereocenters. The van der Waals surface area contributed by atoms with E-state index in [1.54, 1.807) is 48.5 Å². The fourth-order valence-corrected chi connectivity index (χ4v) is 4.19. The van der Waals surface area contributed by atoms with Crippen LogP contribution in [0.15, 0.2) is 70.8 Å². The van der Waals surface area contributed by atoms with E-state index in [0.29, 0.717) is 26.7 Å². The van der Waals surface area contributed by atoms with Crippen LogP contribution in [0.1, 0.15) is 28.8 Å². The third-order valence-corrected chi connectivity index (χ3v) is 5.61. The van der Waals surface area contributed by atoms with Crippen molar-refractivity contribution >= 4 is 52.8 Å². The normalized spacial score (nSPS) is 15.1. The number of amides is 3. The number of hydrogen-bond donors (Lipinski definition) is 3. The first-order chi connectivity index (χ1) is 13.8. The van der Waals surface area contributed by atoms with Gasteiger partial charge in [-0.25, -0.2) is 4.79 Å². The van der Waals surface area contributed by atoms with Gasteiger partial charge in [-0.15, -0.1) is 0 Å². The summed E-state index contributed by atoms with van der Waals surface area (Å²) < 4.78 is 3.33. The number of allylic oxidation sites excluding steroid dienone is 1. The lowest BCUT2D eigenvalue weighted by atomic mass is 9.86. The summed E-state index contributed by atoms with van der Waals surface area (Å²) in [5, 5.41) is 5.46. The number of carbonyl (C=O) groups excluding carboxylic acids is 3. The van der Waals surface area contributed by atoms with Gasteiger partial charge in [0.05, 0.1) is 9.92 Å². The van der Waals surface area contributed by atoms with Gasteiger partial charge in [0.25, 0.3) is 0 Å². The Morgan fingerprint density at radius 2 is 1.76 bits per heavy atom. The van der Waals surface area contributed by atoms with Crippen LogP contribution in [-0.4, -0.2) is 17.7 Å². The minimum Gasteiger partial charge on any atom is -0.324 e. The Morgan fingerprint density at radius 3 is 2.45 bits per heavy atom. The Hall–Kier alpha value is -2.97. The molecule has 0 radical (unpaired) electrons. The molecule has 0 saturated carbocycles. The molecule has 0 aromatic heterocycles. The van der Waals surface area contributed by atoms with Crippen molar-refractivity contribution in [2.24, 2.45) is 0 Å². The number of hydrogen-bond acceptors (Lipinski definition) is 5. The predicted molar refractivity (Wildman–Crippen MR) is 120 cm³/mol. The van der Waals surface area contributed by atoms with E-state index in [9.17, 15) is 14.4 Å². The monoisotopic (exact) mass is 425 g/mol. The fraction of sp³-hybridized carbons (Fsp3) is 0.0952. The quantitative estimate of drug-likeness (QED) is 0.442. The second kappa shape index (κ2) is 9.02. The van der Waals surface area contributed by atoms with Crippen molar-refractivity contribution in [2.45, 2.75) is 12.8 Å². The molecule has 0 fully saturated rings. The molecule has 2 aromatic carbocycles. The van der Waals surface area contributed by atoms with Gasteiger partial charge in [0.2, 0.25) is 5.91 Å². The van der Waals surface area contributed by atoms with E-state index in [1.807, 2.05) is 6.92 Å². The largest absolute Gasteiger partial charge is 0.329 e. The molecule has 3 rings (SSSR count). The van der Waals surface area contributed by atoms with Crippen LogP contribution in [0, 0.1) is 0 Å². The van der Waals surface area contributed by atoms with Crippen LogP contribution in [0.3, 0.4) is 0 Å². The molecule has 1 heterocycles. The first-order valence-electron chi connectivity index (χ1n) is 8.65. The van der Waals surface area contributed by atoms with Crippen LogP contribution in [0.5, 0.6) is 0 Å². The number of Topliss-reactive ketones (excluding diaryl/α,β-unsaturated/α-hetero) is 1. The highest BCUT2D eigenvalue weighted by Gasteiger charge is 2.35. The highest BCUT2D eigenvalue weighted by Crippen LogP contribution is 2.32. The Kier molecular flexibility index (Phi) is 6.46. The van der Waals surface area contributed by atoms with Crippen molar-refractivity contribution in [3.8, 4) is 0 Å². The standard InChI is InChI=1S/C21H19N3O3S2/c1-12(2)28-13(3)29-24-21(27)22-15-10-8-14(9-11-15)18-19(25)16-6-4-5-7-17(16)23-20(18)26/h4-11,18H,1,3H2,2H3,(H,23,26)(H2,22,24,27). The molecular formula is C21H19N3O3S2. The summed E-state index contributed by atoms with van der Waals surface area (Å²) in [4.78, 5) is 38.1. The summed E-state index contributed by atoms with van der Waals surface area (Å²) in [5.41, 5.74) is 2.11. The summed E-state index contributed by atoms with van der Waals surface area (Å²) in [7, 11) is 0. The maximum atomic E-state index is 12.8. The summed E-state index contributed by atoms with van der Waals surface area (Å²) in [5.74, 6) is -1.52. The van der Waals surface area contributed by atoms with Gasteiger partial charge in [0, 0.05) is 11.3 Å². The van der Waals surface area contributed by atoms with Gasteiger partial charge in [-0.05, 0) is 53.6 Å².